The first-order valence-corrected chi connectivity index (χ1v) is 5.53. The lowest BCUT2D eigenvalue weighted by molar-refractivity contribution is 0.665. The van der Waals surface area contributed by atoms with Gasteiger partial charge in [0.15, 0.2) is 0 Å². The molecule has 15 heavy (non-hydrogen) atoms. The van der Waals surface area contributed by atoms with Gasteiger partial charge >= 0.3 is 0 Å². The van der Waals surface area contributed by atoms with Gasteiger partial charge in [0.2, 0.25) is 0 Å². The molecular formula is C13H24N2. The van der Waals surface area contributed by atoms with Gasteiger partial charge in [-0.05, 0) is 46.8 Å². The lowest BCUT2D eigenvalue weighted by Gasteiger charge is -2.14. The molecule has 0 unspecified atom stereocenters. The fraction of sp³-hybridized carbons (Fsp3) is 0.538. The summed E-state index contributed by atoms with van der Waals surface area (Å²) in [5, 5.41) is 6.69. The molecule has 0 aromatic rings. The highest BCUT2D eigenvalue weighted by Gasteiger charge is 1.98. The molecular weight excluding hydrogens is 184 g/mol. The van der Waals surface area contributed by atoms with Crippen LogP contribution in [0.15, 0.2) is 36.2 Å². The number of nitrogens with one attached hydrogen (secondary N) is 2. The van der Waals surface area contributed by atoms with Crippen molar-refractivity contribution in [2.75, 3.05) is 0 Å². The smallest absolute Gasteiger partial charge is 0.0356 e. The van der Waals surface area contributed by atoms with Gasteiger partial charge in [-0.3, -0.25) is 0 Å². The summed E-state index contributed by atoms with van der Waals surface area (Å²) in [5.74, 6) is 0. The van der Waals surface area contributed by atoms with Crippen LogP contribution in [0.5, 0.6) is 0 Å². The molecule has 0 spiro atoms. The van der Waals surface area contributed by atoms with E-state index in [9.17, 15) is 0 Å². The van der Waals surface area contributed by atoms with Gasteiger partial charge in [0, 0.05) is 23.5 Å². The van der Waals surface area contributed by atoms with E-state index >= 15 is 0 Å². The monoisotopic (exact) mass is 208 g/mol. The van der Waals surface area contributed by atoms with Crippen molar-refractivity contribution in [1.29, 1.82) is 0 Å². The zero-order valence-corrected chi connectivity index (χ0v) is 10.6. The summed E-state index contributed by atoms with van der Waals surface area (Å²) in [5.41, 5.74) is 2.17. The average Bonchev–Trinajstić information content (AvgIpc) is 2.14. The van der Waals surface area contributed by atoms with Gasteiger partial charge in [-0.25, -0.2) is 0 Å². The largest absolute Gasteiger partial charge is 0.383 e. The van der Waals surface area contributed by atoms with Crippen molar-refractivity contribution < 1.29 is 0 Å². The van der Waals surface area contributed by atoms with Crippen LogP contribution < -0.4 is 10.6 Å². The maximum atomic E-state index is 3.79. The zero-order valence-electron chi connectivity index (χ0n) is 10.6. The van der Waals surface area contributed by atoms with Crippen LogP contribution in [0.4, 0.5) is 0 Å². The Labute approximate surface area is 94.1 Å². The second-order valence-corrected chi connectivity index (χ2v) is 4.15. The maximum Gasteiger partial charge on any atom is 0.0356 e. The van der Waals surface area contributed by atoms with Crippen LogP contribution >= 0.6 is 0 Å². The van der Waals surface area contributed by atoms with E-state index in [1.54, 1.807) is 0 Å². The van der Waals surface area contributed by atoms with Gasteiger partial charge < -0.3 is 10.6 Å². The molecule has 0 rings (SSSR count). The highest BCUT2D eigenvalue weighted by atomic mass is 14.9. The second kappa shape index (κ2) is 7.16. The summed E-state index contributed by atoms with van der Waals surface area (Å²) in [6.45, 7) is 14.3. The van der Waals surface area contributed by atoms with Crippen molar-refractivity contribution in [1.82, 2.24) is 10.6 Å². The SMILES string of the molecule is C=C/C(=C\C(=C/C)NC(C)C)NC(C)C. The van der Waals surface area contributed by atoms with Crippen molar-refractivity contribution in [3.05, 3.63) is 36.2 Å². The van der Waals surface area contributed by atoms with Crippen molar-refractivity contribution in [2.24, 2.45) is 0 Å². The molecule has 0 atom stereocenters. The molecule has 2 heteroatoms. The van der Waals surface area contributed by atoms with Crippen LogP contribution in [0, 0.1) is 0 Å². The average molecular weight is 208 g/mol. The standard InChI is InChI=1S/C13H24N2/c1-7-12(14-10(3)4)9-13(8-2)15-11(5)6/h7-11,14-15H,1H2,2-6H3/b12-9+,13-8+. The van der Waals surface area contributed by atoms with E-state index in [-0.39, 0.29) is 0 Å². The van der Waals surface area contributed by atoms with Gasteiger partial charge in [-0.1, -0.05) is 12.7 Å². The Balaban J connectivity index is 4.56. The van der Waals surface area contributed by atoms with Crippen molar-refractivity contribution >= 4 is 0 Å². The normalized spacial score (nSPS) is 13.3. The van der Waals surface area contributed by atoms with Crippen molar-refractivity contribution in [2.45, 2.75) is 46.7 Å². The molecule has 0 fully saturated rings. The second-order valence-electron chi connectivity index (χ2n) is 4.15. The summed E-state index contributed by atoms with van der Waals surface area (Å²) < 4.78 is 0. The van der Waals surface area contributed by atoms with Gasteiger partial charge in [0.05, 0.1) is 0 Å². The quantitative estimate of drug-likeness (QED) is 0.656. The molecule has 0 saturated carbocycles. The number of rotatable bonds is 6. The molecule has 0 aliphatic carbocycles. The van der Waals surface area contributed by atoms with Crippen LogP contribution in [0.25, 0.3) is 0 Å². The van der Waals surface area contributed by atoms with Crippen LogP contribution in [0.3, 0.4) is 0 Å². The fourth-order valence-corrected chi connectivity index (χ4v) is 1.20. The van der Waals surface area contributed by atoms with Crippen LogP contribution in [0.2, 0.25) is 0 Å². The van der Waals surface area contributed by atoms with Gasteiger partial charge in [0.1, 0.15) is 0 Å². The Hall–Kier alpha value is -1.18. The number of hydrogen-bond acceptors (Lipinski definition) is 2. The highest BCUT2D eigenvalue weighted by Crippen LogP contribution is 2.01. The van der Waals surface area contributed by atoms with Crippen LogP contribution in [0.1, 0.15) is 34.6 Å². The van der Waals surface area contributed by atoms with Crippen LogP contribution in [-0.4, -0.2) is 12.1 Å². The summed E-state index contributed by atoms with van der Waals surface area (Å²) in [4.78, 5) is 0. The van der Waals surface area contributed by atoms with E-state index in [0.29, 0.717) is 12.1 Å². The summed E-state index contributed by atoms with van der Waals surface area (Å²) in [6, 6.07) is 0.865. The predicted molar refractivity (Wildman–Crippen MR) is 68.6 cm³/mol. The van der Waals surface area contributed by atoms with Gasteiger partial charge in [-0.15, -0.1) is 0 Å². The molecule has 0 aliphatic rings. The first-order chi connectivity index (χ1) is 6.99. The van der Waals surface area contributed by atoms with E-state index in [4.69, 9.17) is 0 Å². The molecule has 0 aromatic heterocycles. The number of hydrogen-bond donors (Lipinski definition) is 2. The topological polar surface area (TPSA) is 24.1 Å². The molecule has 0 amide bonds. The Morgan fingerprint density at radius 1 is 1.00 bits per heavy atom. The lowest BCUT2D eigenvalue weighted by Crippen LogP contribution is -2.24. The van der Waals surface area contributed by atoms with E-state index in [0.717, 1.165) is 11.4 Å². The predicted octanol–water partition coefficient (Wildman–Crippen LogP) is 2.96. The van der Waals surface area contributed by atoms with E-state index in [2.05, 4.69) is 57.1 Å². The van der Waals surface area contributed by atoms with E-state index < -0.39 is 0 Å². The van der Waals surface area contributed by atoms with E-state index in [1.807, 2.05) is 13.0 Å². The van der Waals surface area contributed by atoms with Gasteiger partial charge in [0.25, 0.3) is 0 Å². The molecule has 0 bridgehead atoms. The molecule has 2 N–H and O–H groups in total. The summed E-state index contributed by atoms with van der Waals surface area (Å²) in [6.07, 6.45) is 5.98. The Bertz CT molecular complexity index is 247. The minimum atomic E-state index is 0.423. The van der Waals surface area contributed by atoms with Crippen LogP contribution in [-0.2, 0) is 0 Å². The van der Waals surface area contributed by atoms with Gasteiger partial charge in [-0.2, -0.15) is 0 Å². The molecule has 0 aliphatic heterocycles. The summed E-state index contributed by atoms with van der Waals surface area (Å²) >= 11 is 0. The third-order valence-corrected chi connectivity index (χ3v) is 1.75. The zero-order chi connectivity index (χ0) is 11.8. The highest BCUT2D eigenvalue weighted by molar-refractivity contribution is 5.27. The lowest BCUT2D eigenvalue weighted by atomic mass is 10.2. The first kappa shape index (κ1) is 13.8. The Morgan fingerprint density at radius 3 is 1.80 bits per heavy atom. The van der Waals surface area contributed by atoms with E-state index in [1.165, 1.54) is 0 Å². The molecule has 0 aromatic carbocycles. The molecule has 0 heterocycles. The summed E-state index contributed by atoms with van der Waals surface area (Å²) in [7, 11) is 0. The number of allylic oxidation sites excluding steroid dienone is 3. The minimum absolute atomic E-state index is 0.423. The minimum Gasteiger partial charge on any atom is -0.383 e. The third-order valence-electron chi connectivity index (χ3n) is 1.75. The third kappa shape index (κ3) is 6.83. The molecule has 2 nitrogen and oxygen atoms in total. The van der Waals surface area contributed by atoms with Crippen molar-refractivity contribution in [3.63, 3.8) is 0 Å². The maximum absolute atomic E-state index is 3.79. The molecule has 86 valence electrons. The fourth-order valence-electron chi connectivity index (χ4n) is 1.20. The van der Waals surface area contributed by atoms with Crippen molar-refractivity contribution in [3.8, 4) is 0 Å². The Morgan fingerprint density at radius 2 is 1.47 bits per heavy atom. The molecule has 0 saturated heterocycles. The Kier molecular flexibility index (Phi) is 6.59. The molecule has 0 radical (unpaired) electrons. The first-order valence-electron chi connectivity index (χ1n) is 5.53.